The average molecular weight is 252 g/mol. The van der Waals surface area contributed by atoms with Crippen molar-refractivity contribution in [1.82, 2.24) is 9.55 Å². The van der Waals surface area contributed by atoms with Gasteiger partial charge in [0.25, 0.3) is 0 Å². The van der Waals surface area contributed by atoms with Crippen molar-refractivity contribution in [3.05, 3.63) is 47.5 Å². The van der Waals surface area contributed by atoms with Crippen LogP contribution in [0.2, 0.25) is 0 Å². The van der Waals surface area contributed by atoms with Crippen molar-refractivity contribution in [3.8, 4) is 0 Å². The predicted molar refractivity (Wildman–Crippen MR) is 65.4 cm³/mol. The van der Waals surface area contributed by atoms with Gasteiger partial charge in [-0.1, -0.05) is 23.9 Å². The van der Waals surface area contributed by atoms with Crippen LogP contribution < -0.4 is 0 Å². The zero-order valence-corrected chi connectivity index (χ0v) is 10.2. The van der Waals surface area contributed by atoms with Gasteiger partial charge in [-0.15, -0.1) is 0 Å². The van der Waals surface area contributed by atoms with Gasteiger partial charge < -0.3 is 9.67 Å². The number of hydrogen-bond donors (Lipinski definition) is 1. The van der Waals surface area contributed by atoms with E-state index in [4.69, 9.17) is 0 Å². The zero-order valence-electron chi connectivity index (χ0n) is 9.43. The fourth-order valence-corrected chi connectivity index (χ4v) is 2.18. The number of hydrogen-bond acceptors (Lipinski definition) is 3. The fourth-order valence-electron chi connectivity index (χ4n) is 1.62. The molecule has 1 aromatic carbocycles. The third-order valence-electron chi connectivity index (χ3n) is 2.50. The number of aliphatic hydroxyl groups excluding tert-OH is 1. The first-order valence-corrected chi connectivity index (χ1v) is 6.40. The van der Waals surface area contributed by atoms with Gasteiger partial charge in [0.15, 0.2) is 5.16 Å². The smallest absolute Gasteiger partial charge is 0.168 e. The largest absolute Gasteiger partial charge is 0.390 e. The summed E-state index contributed by atoms with van der Waals surface area (Å²) in [6, 6.07) is 6.34. The number of aromatic nitrogens is 2. The van der Waals surface area contributed by atoms with Crippen LogP contribution in [0.1, 0.15) is 11.3 Å². The summed E-state index contributed by atoms with van der Waals surface area (Å²) >= 11 is 1.52. The molecule has 0 aliphatic carbocycles. The molecule has 2 aromatic rings. The molecule has 0 amide bonds. The van der Waals surface area contributed by atoms with E-state index in [0.717, 1.165) is 16.4 Å². The molecule has 0 saturated heterocycles. The molecule has 0 fully saturated rings. The lowest BCUT2D eigenvalue weighted by Crippen LogP contribution is -2.05. The van der Waals surface area contributed by atoms with E-state index >= 15 is 0 Å². The van der Waals surface area contributed by atoms with Gasteiger partial charge in [-0.25, -0.2) is 9.37 Å². The molecule has 2 rings (SSSR count). The number of imidazole rings is 1. The molecule has 1 heterocycles. The van der Waals surface area contributed by atoms with Gasteiger partial charge in [0.1, 0.15) is 5.82 Å². The third-order valence-corrected chi connectivity index (χ3v) is 3.19. The van der Waals surface area contributed by atoms with Gasteiger partial charge >= 0.3 is 0 Å². The summed E-state index contributed by atoms with van der Waals surface area (Å²) in [4.78, 5) is 4.21. The van der Waals surface area contributed by atoms with Crippen molar-refractivity contribution in [2.75, 3.05) is 6.26 Å². The van der Waals surface area contributed by atoms with Crippen molar-refractivity contribution >= 4 is 11.8 Å². The number of aliphatic hydroxyl groups is 1. The van der Waals surface area contributed by atoms with Crippen LogP contribution >= 0.6 is 11.8 Å². The number of rotatable bonds is 4. The number of thioether (sulfide) groups is 1. The molecule has 0 radical (unpaired) electrons. The van der Waals surface area contributed by atoms with Gasteiger partial charge in [0.2, 0.25) is 0 Å². The Labute approximate surface area is 103 Å². The summed E-state index contributed by atoms with van der Waals surface area (Å²) in [5, 5.41) is 10.1. The normalized spacial score (nSPS) is 10.8. The Morgan fingerprint density at radius 2 is 2.06 bits per heavy atom. The van der Waals surface area contributed by atoms with E-state index < -0.39 is 0 Å². The molecule has 90 valence electrons. The molecule has 1 N–H and O–H groups in total. The maximum absolute atomic E-state index is 12.8. The summed E-state index contributed by atoms with van der Waals surface area (Å²) in [6.45, 7) is 0.543. The van der Waals surface area contributed by atoms with Gasteiger partial charge in [-0.05, 0) is 24.0 Å². The summed E-state index contributed by atoms with van der Waals surface area (Å²) in [7, 11) is 0. The molecule has 3 nitrogen and oxygen atoms in total. The van der Waals surface area contributed by atoms with E-state index in [-0.39, 0.29) is 12.4 Å². The standard InChI is InChI=1S/C12H13FN2OS/c1-17-12-14-6-11(8-16)15(12)7-9-2-4-10(13)5-3-9/h2-6,16H,7-8H2,1H3. The molecular formula is C12H13FN2OS. The molecule has 0 aliphatic heterocycles. The lowest BCUT2D eigenvalue weighted by Gasteiger charge is -2.09. The van der Waals surface area contributed by atoms with Crippen LogP contribution in [0.4, 0.5) is 4.39 Å². The Kier molecular flexibility index (Phi) is 3.81. The second-order valence-corrected chi connectivity index (χ2v) is 4.38. The van der Waals surface area contributed by atoms with E-state index in [0.29, 0.717) is 6.54 Å². The Hall–Kier alpha value is -1.33. The van der Waals surface area contributed by atoms with Crippen LogP contribution in [-0.2, 0) is 13.2 Å². The highest BCUT2D eigenvalue weighted by Gasteiger charge is 2.08. The molecule has 0 unspecified atom stereocenters. The molecule has 0 bridgehead atoms. The highest BCUT2D eigenvalue weighted by atomic mass is 32.2. The molecule has 0 aliphatic rings. The molecule has 5 heteroatoms. The minimum atomic E-state index is -0.244. The van der Waals surface area contributed by atoms with Crippen LogP contribution in [0.25, 0.3) is 0 Å². The van der Waals surface area contributed by atoms with E-state index in [1.807, 2.05) is 10.8 Å². The average Bonchev–Trinajstić information content (AvgIpc) is 2.74. The van der Waals surface area contributed by atoms with Crippen molar-refractivity contribution in [1.29, 1.82) is 0 Å². The highest BCUT2D eigenvalue weighted by molar-refractivity contribution is 7.98. The monoisotopic (exact) mass is 252 g/mol. The van der Waals surface area contributed by atoms with Gasteiger partial charge in [0, 0.05) is 6.54 Å². The van der Waals surface area contributed by atoms with Crippen LogP contribution in [0.3, 0.4) is 0 Å². The maximum Gasteiger partial charge on any atom is 0.168 e. The highest BCUT2D eigenvalue weighted by Crippen LogP contribution is 2.18. The van der Waals surface area contributed by atoms with E-state index in [2.05, 4.69) is 4.98 Å². The van der Waals surface area contributed by atoms with Gasteiger partial charge in [0.05, 0.1) is 18.5 Å². The minimum Gasteiger partial charge on any atom is -0.390 e. The minimum absolute atomic E-state index is 0.0469. The molecule has 17 heavy (non-hydrogen) atoms. The predicted octanol–water partition coefficient (Wildman–Crippen LogP) is 2.28. The fraction of sp³-hybridized carbons (Fsp3) is 0.250. The van der Waals surface area contributed by atoms with Crippen molar-refractivity contribution in [3.63, 3.8) is 0 Å². The van der Waals surface area contributed by atoms with E-state index in [1.54, 1.807) is 18.3 Å². The SMILES string of the molecule is CSc1ncc(CO)n1Cc1ccc(F)cc1. The molecule has 0 saturated carbocycles. The Morgan fingerprint density at radius 3 is 2.65 bits per heavy atom. The first-order chi connectivity index (χ1) is 8.24. The molecule has 0 spiro atoms. The first kappa shape index (κ1) is 12.1. The van der Waals surface area contributed by atoms with Gasteiger partial charge in [-0.3, -0.25) is 0 Å². The van der Waals surface area contributed by atoms with Crippen LogP contribution in [-0.4, -0.2) is 20.9 Å². The number of nitrogens with zero attached hydrogens (tertiary/aromatic N) is 2. The molecule has 0 atom stereocenters. The summed E-state index contributed by atoms with van der Waals surface area (Å²) in [6.07, 6.45) is 3.60. The number of halogens is 1. The Morgan fingerprint density at radius 1 is 1.35 bits per heavy atom. The molecule has 1 aromatic heterocycles. The van der Waals surface area contributed by atoms with Crippen LogP contribution in [0.5, 0.6) is 0 Å². The third kappa shape index (κ3) is 2.68. The zero-order chi connectivity index (χ0) is 12.3. The lowest BCUT2D eigenvalue weighted by molar-refractivity contribution is 0.270. The van der Waals surface area contributed by atoms with E-state index in [1.165, 1.54) is 23.9 Å². The molecular weight excluding hydrogens is 239 g/mol. The summed E-state index contributed by atoms with van der Waals surface area (Å²) in [5.41, 5.74) is 1.74. The second-order valence-electron chi connectivity index (χ2n) is 3.61. The Bertz CT molecular complexity index is 474. The Balaban J connectivity index is 2.28. The van der Waals surface area contributed by atoms with Crippen molar-refractivity contribution in [2.45, 2.75) is 18.3 Å². The summed E-state index contributed by atoms with van der Waals surface area (Å²) < 4.78 is 14.7. The summed E-state index contributed by atoms with van der Waals surface area (Å²) in [5.74, 6) is -0.244. The van der Waals surface area contributed by atoms with E-state index in [9.17, 15) is 9.50 Å². The number of benzene rings is 1. The topological polar surface area (TPSA) is 38.1 Å². The van der Waals surface area contributed by atoms with Gasteiger partial charge in [-0.2, -0.15) is 0 Å². The van der Waals surface area contributed by atoms with Crippen LogP contribution in [0, 0.1) is 5.82 Å². The second kappa shape index (κ2) is 5.33. The first-order valence-electron chi connectivity index (χ1n) is 5.18. The van der Waals surface area contributed by atoms with Crippen molar-refractivity contribution in [2.24, 2.45) is 0 Å². The quantitative estimate of drug-likeness (QED) is 0.848. The maximum atomic E-state index is 12.8. The van der Waals surface area contributed by atoms with Crippen LogP contribution in [0.15, 0.2) is 35.6 Å². The lowest BCUT2D eigenvalue weighted by atomic mass is 10.2. The van der Waals surface area contributed by atoms with Crippen molar-refractivity contribution < 1.29 is 9.50 Å².